The highest BCUT2D eigenvalue weighted by Gasteiger charge is 2.21. The quantitative estimate of drug-likeness (QED) is 0.251. The number of nitrogens with zero attached hydrogens (tertiary/aromatic N) is 1. The number of carbonyl (C=O) groups is 1. The molecule has 2 aromatic heterocycles. The number of ether oxygens (including phenoxy) is 3. The number of H-pyrrole nitrogens is 1. The van der Waals surface area contributed by atoms with Gasteiger partial charge in [-0.15, -0.1) is 0 Å². The van der Waals surface area contributed by atoms with E-state index in [0.29, 0.717) is 56.8 Å². The van der Waals surface area contributed by atoms with Gasteiger partial charge in [-0.05, 0) is 54.4 Å². The number of aliphatic hydroxyl groups is 1. The summed E-state index contributed by atoms with van der Waals surface area (Å²) in [5, 5.41) is 14.4. The molecule has 5 rings (SSSR count). The molecule has 0 fully saturated rings. The first-order valence-electron chi connectivity index (χ1n) is 12.3. The highest BCUT2D eigenvalue weighted by molar-refractivity contribution is 6.07. The van der Waals surface area contributed by atoms with E-state index in [1.54, 1.807) is 30.5 Å². The van der Waals surface area contributed by atoms with E-state index in [4.69, 9.17) is 19.2 Å². The number of benzene rings is 3. The van der Waals surface area contributed by atoms with Crippen molar-refractivity contribution in [2.75, 3.05) is 27.9 Å². The predicted octanol–water partition coefficient (Wildman–Crippen LogP) is 4.88. The van der Waals surface area contributed by atoms with Crippen LogP contribution in [-0.4, -0.2) is 55.0 Å². The van der Waals surface area contributed by atoms with E-state index in [1.165, 1.54) is 33.5 Å². The van der Waals surface area contributed by atoms with Crippen molar-refractivity contribution in [1.82, 2.24) is 15.3 Å². The fraction of sp³-hybridized carbons (Fsp3) is 0.200. The Balaban J connectivity index is 1.51. The molecule has 9 heteroatoms. The average Bonchev–Trinajstić information content (AvgIpc) is 3.36. The van der Waals surface area contributed by atoms with Crippen LogP contribution in [0.3, 0.4) is 0 Å². The first-order chi connectivity index (χ1) is 18.9. The normalized spacial score (nSPS) is 11.9. The topological polar surface area (TPSA) is 106 Å². The van der Waals surface area contributed by atoms with E-state index in [2.05, 4.69) is 10.3 Å². The van der Waals surface area contributed by atoms with Crippen molar-refractivity contribution in [1.29, 1.82) is 0 Å². The number of carbonyl (C=O) groups excluding carboxylic acids is 1. The van der Waals surface area contributed by atoms with Crippen LogP contribution in [0.2, 0.25) is 0 Å². The van der Waals surface area contributed by atoms with Crippen LogP contribution in [0, 0.1) is 5.82 Å². The minimum Gasteiger partial charge on any atom is -0.493 e. The van der Waals surface area contributed by atoms with Gasteiger partial charge in [0.05, 0.1) is 50.8 Å². The molecule has 0 saturated carbocycles. The van der Waals surface area contributed by atoms with Crippen molar-refractivity contribution < 1.29 is 28.5 Å². The minimum absolute atomic E-state index is 0.295. The van der Waals surface area contributed by atoms with E-state index in [-0.39, 0.29) is 18.3 Å². The largest absolute Gasteiger partial charge is 0.493 e. The zero-order valence-electron chi connectivity index (χ0n) is 21.7. The van der Waals surface area contributed by atoms with Gasteiger partial charge in [-0.25, -0.2) is 9.37 Å². The van der Waals surface area contributed by atoms with Gasteiger partial charge in [0.15, 0.2) is 11.5 Å². The molecule has 3 aromatic carbocycles. The third-order valence-corrected chi connectivity index (χ3v) is 6.67. The van der Waals surface area contributed by atoms with Crippen LogP contribution in [0.15, 0.2) is 66.9 Å². The molecule has 0 aliphatic carbocycles. The van der Waals surface area contributed by atoms with Crippen LogP contribution < -0.4 is 19.5 Å². The summed E-state index contributed by atoms with van der Waals surface area (Å²) in [5.74, 6) is 0.653. The smallest absolute Gasteiger partial charge is 0.252 e. The van der Waals surface area contributed by atoms with Gasteiger partial charge in [0.25, 0.3) is 5.91 Å². The number of aromatic nitrogens is 2. The molecule has 5 aromatic rings. The van der Waals surface area contributed by atoms with Crippen molar-refractivity contribution in [2.24, 2.45) is 0 Å². The predicted molar refractivity (Wildman–Crippen MR) is 147 cm³/mol. The third kappa shape index (κ3) is 5.08. The first-order valence-corrected chi connectivity index (χ1v) is 12.3. The molecular formula is C30H28FN3O5. The van der Waals surface area contributed by atoms with Crippen LogP contribution in [-0.2, 0) is 6.42 Å². The van der Waals surface area contributed by atoms with Gasteiger partial charge in [0.1, 0.15) is 5.82 Å². The summed E-state index contributed by atoms with van der Waals surface area (Å²) in [6, 6.07) is 16.5. The zero-order chi connectivity index (χ0) is 27.5. The van der Waals surface area contributed by atoms with Crippen LogP contribution in [0.4, 0.5) is 4.39 Å². The fourth-order valence-corrected chi connectivity index (χ4v) is 4.75. The van der Waals surface area contributed by atoms with Crippen LogP contribution in [0.1, 0.15) is 15.9 Å². The molecule has 1 atom stereocenters. The van der Waals surface area contributed by atoms with Gasteiger partial charge < -0.3 is 29.6 Å². The number of aromatic amines is 1. The van der Waals surface area contributed by atoms with Crippen molar-refractivity contribution in [3.8, 4) is 28.5 Å². The van der Waals surface area contributed by atoms with E-state index >= 15 is 0 Å². The molecule has 8 nitrogen and oxygen atoms in total. The SMILES string of the molecule is COc1cc(-c2cc(C(=O)N[C@H](CO)Cc3c[nH]c4ccc(F)cc34)c3ccccc3n2)cc(OC)c1OC. The lowest BCUT2D eigenvalue weighted by Gasteiger charge is -2.18. The van der Waals surface area contributed by atoms with E-state index < -0.39 is 6.04 Å². The number of rotatable bonds is 9. The van der Waals surface area contributed by atoms with Gasteiger partial charge in [0, 0.05) is 28.0 Å². The Morgan fingerprint density at radius 1 is 1.00 bits per heavy atom. The monoisotopic (exact) mass is 529 g/mol. The molecular weight excluding hydrogens is 501 g/mol. The molecule has 0 spiro atoms. The Morgan fingerprint density at radius 3 is 2.44 bits per heavy atom. The molecule has 2 heterocycles. The Hall–Kier alpha value is -4.63. The molecule has 0 unspecified atom stereocenters. The van der Waals surface area contributed by atoms with Gasteiger partial charge in [0.2, 0.25) is 5.75 Å². The third-order valence-electron chi connectivity index (χ3n) is 6.67. The molecule has 0 aliphatic heterocycles. The molecule has 39 heavy (non-hydrogen) atoms. The maximum atomic E-state index is 13.8. The molecule has 0 bridgehead atoms. The van der Waals surface area contributed by atoms with E-state index in [1.807, 2.05) is 24.3 Å². The van der Waals surface area contributed by atoms with Crippen LogP contribution >= 0.6 is 0 Å². The Labute approximate surface area is 224 Å². The number of hydrogen-bond donors (Lipinski definition) is 3. The maximum absolute atomic E-state index is 13.8. The number of aliphatic hydroxyl groups excluding tert-OH is 1. The Morgan fingerprint density at radius 2 is 1.74 bits per heavy atom. The zero-order valence-corrected chi connectivity index (χ0v) is 21.7. The van der Waals surface area contributed by atoms with Crippen molar-refractivity contribution >= 4 is 27.7 Å². The first kappa shape index (κ1) is 26.0. The van der Waals surface area contributed by atoms with Crippen molar-refractivity contribution in [3.63, 3.8) is 0 Å². The second kappa shape index (κ2) is 11.0. The van der Waals surface area contributed by atoms with Crippen LogP contribution in [0.5, 0.6) is 17.2 Å². The minimum atomic E-state index is -0.601. The van der Waals surface area contributed by atoms with E-state index in [9.17, 15) is 14.3 Å². The number of para-hydroxylation sites is 1. The van der Waals surface area contributed by atoms with E-state index in [0.717, 1.165) is 11.1 Å². The number of amides is 1. The van der Waals surface area contributed by atoms with Crippen molar-refractivity contribution in [2.45, 2.75) is 12.5 Å². The highest BCUT2D eigenvalue weighted by Crippen LogP contribution is 2.41. The lowest BCUT2D eigenvalue weighted by Crippen LogP contribution is -2.39. The Bertz CT molecular complexity index is 1640. The number of pyridine rings is 1. The van der Waals surface area contributed by atoms with Gasteiger partial charge in [-0.2, -0.15) is 0 Å². The second-order valence-electron chi connectivity index (χ2n) is 9.05. The summed E-state index contributed by atoms with van der Waals surface area (Å²) in [7, 11) is 4.59. The standard InChI is InChI=1S/C30H28FN3O5/c1-37-27-11-17(12-28(38-2)29(27)39-3)26-14-23(21-6-4-5-7-25(21)34-26)30(36)33-20(16-35)10-18-15-32-24-9-8-19(31)13-22(18)24/h4-9,11-15,20,32,35H,10,16H2,1-3H3,(H,33,36)/t20-/m0/s1. The number of fused-ring (bicyclic) bond motifs is 2. The van der Waals surface area contributed by atoms with Gasteiger partial charge in [-0.1, -0.05) is 18.2 Å². The van der Waals surface area contributed by atoms with Gasteiger partial charge in [-0.3, -0.25) is 4.79 Å². The van der Waals surface area contributed by atoms with Gasteiger partial charge >= 0.3 is 0 Å². The number of nitrogens with one attached hydrogen (secondary N) is 2. The summed E-state index contributed by atoms with van der Waals surface area (Å²) in [6.07, 6.45) is 2.08. The number of hydrogen-bond acceptors (Lipinski definition) is 6. The highest BCUT2D eigenvalue weighted by atomic mass is 19.1. The second-order valence-corrected chi connectivity index (χ2v) is 9.05. The summed E-state index contributed by atoms with van der Waals surface area (Å²) < 4.78 is 30.3. The Kier molecular flexibility index (Phi) is 7.33. The summed E-state index contributed by atoms with van der Waals surface area (Å²) in [5.41, 5.74) is 3.80. The average molecular weight is 530 g/mol. The molecule has 3 N–H and O–H groups in total. The lowest BCUT2D eigenvalue weighted by molar-refractivity contribution is 0.0918. The molecule has 1 amide bonds. The van der Waals surface area contributed by atoms with Crippen molar-refractivity contribution in [3.05, 3.63) is 83.8 Å². The number of halogens is 1. The molecule has 0 radical (unpaired) electrons. The fourth-order valence-electron chi connectivity index (χ4n) is 4.75. The maximum Gasteiger partial charge on any atom is 0.252 e. The van der Waals surface area contributed by atoms with Crippen LogP contribution in [0.25, 0.3) is 33.1 Å². The molecule has 200 valence electrons. The lowest BCUT2D eigenvalue weighted by atomic mass is 10.0. The summed E-state index contributed by atoms with van der Waals surface area (Å²) in [4.78, 5) is 21.5. The molecule has 0 aliphatic rings. The summed E-state index contributed by atoms with van der Waals surface area (Å²) >= 11 is 0. The summed E-state index contributed by atoms with van der Waals surface area (Å²) in [6.45, 7) is -0.295. The molecule has 0 saturated heterocycles. The number of methoxy groups -OCH3 is 3.